The molecule has 1 N–H and O–H groups in total. The van der Waals surface area contributed by atoms with Gasteiger partial charge in [-0.3, -0.25) is 9.69 Å². The average Bonchev–Trinajstić information content (AvgIpc) is 3.20. The summed E-state index contributed by atoms with van der Waals surface area (Å²) in [6.07, 6.45) is 3.92. The van der Waals surface area contributed by atoms with Crippen molar-refractivity contribution in [2.75, 3.05) is 39.4 Å². The molecule has 5 heteroatoms. The van der Waals surface area contributed by atoms with Crippen LogP contribution in [-0.2, 0) is 9.53 Å². The molecule has 1 amide bonds. The summed E-state index contributed by atoms with van der Waals surface area (Å²) in [5.74, 6) is 0.230. The quantitative estimate of drug-likeness (QED) is 0.782. The Morgan fingerprint density at radius 2 is 1.95 bits per heavy atom. The van der Waals surface area contributed by atoms with Crippen LogP contribution >= 0.6 is 0 Å². The number of morpholine rings is 1. The lowest BCUT2D eigenvalue weighted by atomic mass is 10.2. The van der Waals surface area contributed by atoms with Gasteiger partial charge in [-0.25, -0.2) is 0 Å². The molecule has 0 aromatic rings. The van der Waals surface area contributed by atoms with Crippen molar-refractivity contribution >= 4 is 5.91 Å². The van der Waals surface area contributed by atoms with Crippen LogP contribution in [0.25, 0.3) is 0 Å². The van der Waals surface area contributed by atoms with E-state index in [2.05, 4.69) is 10.2 Å². The van der Waals surface area contributed by atoms with Gasteiger partial charge in [0.1, 0.15) is 0 Å². The molecule has 2 saturated heterocycles. The third-order valence-corrected chi connectivity index (χ3v) is 4.46. The topological polar surface area (TPSA) is 44.8 Å². The van der Waals surface area contributed by atoms with Gasteiger partial charge >= 0.3 is 0 Å². The van der Waals surface area contributed by atoms with Gasteiger partial charge in [0.15, 0.2) is 0 Å². The predicted molar refractivity (Wildman–Crippen MR) is 73.0 cm³/mol. The molecule has 0 aromatic carbocycles. The molecule has 3 rings (SSSR count). The first-order valence-corrected chi connectivity index (χ1v) is 7.60. The molecule has 0 spiro atoms. The van der Waals surface area contributed by atoms with Crippen molar-refractivity contribution in [1.29, 1.82) is 0 Å². The second kappa shape index (κ2) is 5.77. The van der Waals surface area contributed by atoms with E-state index in [1.165, 1.54) is 25.8 Å². The summed E-state index contributed by atoms with van der Waals surface area (Å²) < 4.78 is 5.29. The smallest absolute Gasteiger partial charge is 0.239 e. The number of ether oxygens (including phenoxy) is 1. The molecule has 0 bridgehead atoms. The van der Waals surface area contributed by atoms with Crippen LogP contribution in [0.4, 0.5) is 0 Å². The van der Waals surface area contributed by atoms with Crippen LogP contribution in [0.3, 0.4) is 0 Å². The maximum atomic E-state index is 12.3. The SMILES string of the molecule is CC(NC1CCN(C2CC2)C1)C(=O)N1CCOCC1. The van der Waals surface area contributed by atoms with E-state index < -0.39 is 0 Å². The molecule has 0 radical (unpaired) electrons. The molecule has 1 saturated carbocycles. The number of nitrogens with one attached hydrogen (secondary N) is 1. The van der Waals surface area contributed by atoms with Gasteiger partial charge in [-0.1, -0.05) is 0 Å². The average molecular weight is 267 g/mol. The van der Waals surface area contributed by atoms with E-state index in [0.717, 1.165) is 25.7 Å². The van der Waals surface area contributed by atoms with Gasteiger partial charge in [-0.05, 0) is 26.2 Å². The van der Waals surface area contributed by atoms with Crippen LogP contribution in [-0.4, -0.2) is 73.2 Å². The number of hydrogen-bond acceptors (Lipinski definition) is 4. The van der Waals surface area contributed by atoms with E-state index in [9.17, 15) is 4.79 Å². The summed E-state index contributed by atoms with van der Waals surface area (Å²) in [5.41, 5.74) is 0. The molecule has 2 unspecified atom stereocenters. The first-order chi connectivity index (χ1) is 9.24. The minimum Gasteiger partial charge on any atom is -0.378 e. The lowest BCUT2D eigenvalue weighted by molar-refractivity contribution is -0.137. The molecule has 1 aliphatic carbocycles. The van der Waals surface area contributed by atoms with E-state index >= 15 is 0 Å². The second-order valence-electron chi connectivity index (χ2n) is 6.04. The number of likely N-dealkylation sites (tertiary alicyclic amines) is 1. The van der Waals surface area contributed by atoms with Gasteiger partial charge in [-0.2, -0.15) is 0 Å². The van der Waals surface area contributed by atoms with Crippen molar-refractivity contribution in [1.82, 2.24) is 15.1 Å². The zero-order chi connectivity index (χ0) is 13.2. The van der Waals surface area contributed by atoms with Crippen molar-refractivity contribution in [2.24, 2.45) is 0 Å². The molecule has 108 valence electrons. The Balaban J connectivity index is 1.44. The molecular weight excluding hydrogens is 242 g/mol. The zero-order valence-electron chi connectivity index (χ0n) is 11.8. The molecular formula is C14H25N3O2. The summed E-state index contributed by atoms with van der Waals surface area (Å²) in [6.45, 7) is 7.14. The van der Waals surface area contributed by atoms with Crippen LogP contribution in [0.5, 0.6) is 0 Å². The number of hydrogen-bond donors (Lipinski definition) is 1. The first kappa shape index (κ1) is 13.3. The zero-order valence-corrected chi connectivity index (χ0v) is 11.8. The summed E-state index contributed by atoms with van der Waals surface area (Å²) >= 11 is 0. The molecule has 2 heterocycles. The van der Waals surface area contributed by atoms with Crippen LogP contribution in [0, 0.1) is 0 Å². The highest BCUT2D eigenvalue weighted by Gasteiger charge is 2.35. The van der Waals surface area contributed by atoms with Crippen LogP contribution in [0.15, 0.2) is 0 Å². The molecule has 5 nitrogen and oxygen atoms in total. The number of nitrogens with zero attached hydrogens (tertiary/aromatic N) is 2. The van der Waals surface area contributed by atoms with Crippen LogP contribution in [0.2, 0.25) is 0 Å². The summed E-state index contributed by atoms with van der Waals surface area (Å²) in [6, 6.07) is 1.26. The molecule has 3 fully saturated rings. The van der Waals surface area contributed by atoms with Crippen molar-refractivity contribution < 1.29 is 9.53 Å². The fourth-order valence-electron chi connectivity index (χ4n) is 3.18. The fourth-order valence-corrected chi connectivity index (χ4v) is 3.18. The van der Waals surface area contributed by atoms with Crippen LogP contribution in [0.1, 0.15) is 26.2 Å². The van der Waals surface area contributed by atoms with Crippen molar-refractivity contribution in [3.63, 3.8) is 0 Å². The minimum absolute atomic E-state index is 0.0674. The third-order valence-electron chi connectivity index (χ3n) is 4.46. The fraction of sp³-hybridized carbons (Fsp3) is 0.929. The van der Waals surface area contributed by atoms with Crippen molar-refractivity contribution in [3.05, 3.63) is 0 Å². The summed E-state index contributed by atoms with van der Waals surface area (Å²) in [4.78, 5) is 16.8. The third kappa shape index (κ3) is 3.27. The van der Waals surface area contributed by atoms with E-state index in [4.69, 9.17) is 4.74 Å². The lowest BCUT2D eigenvalue weighted by Gasteiger charge is -2.30. The van der Waals surface area contributed by atoms with Crippen LogP contribution < -0.4 is 5.32 Å². The van der Waals surface area contributed by atoms with Crippen molar-refractivity contribution in [2.45, 2.75) is 44.3 Å². The Morgan fingerprint density at radius 3 is 2.63 bits per heavy atom. The Labute approximate surface area is 115 Å². The molecule has 2 aliphatic heterocycles. The summed E-state index contributed by atoms with van der Waals surface area (Å²) in [5, 5.41) is 3.51. The molecule has 3 aliphatic rings. The standard InChI is InChI=1S/C14H25N3O2/c1-11(14(18)16-6-8-19-9-7-16)15-12-4-5-17(10-12)13-2-3-13/h11-13,15H,2-10H2,1H3. The van der Waals surface area contributed by atoms with Gasteiger partial charge in [0.25, 0.3) is 0 Å². The maximum absolute atomic E-state index is 12.3. The number of carbonyl (C=O) groups excluding carboxylic acids is 1. The van der Waals surface area contributed by atoms with E-state index in [1.54, 1.807) is 0 Å². The summed E-state index contributed by atoms with van der Waals surface area (Å²) in [7, 11) is 0. The van der Waals surface area contributed by atoms with Crippen molar-refractivity contribution in [3.8, 4) is 0 Å². The Morgan fingerprint density at radius 1 is 1.21 bits per heavy atom. The monoisotopic (exact) mass is 267 g/mol. The van der Waals surface area contributed by atoms with E-state index in [0.29, 0.717) is 19.3 Å². The largest absolute Gasteiger partial charge is 0.378 e. The Kier molecular flexibility index (Phi) is 4.05. The molecule has 19 heavy (non-hydrogen) atoms. The Bertz CT molecular complexity index is 327. The normalized spacial score (nSPS) is 30.6. The van der Waals surface area contributed by atoms with Gasteiger partial charge in [-0.15, -0.1) is 0 Å². The van der Waals surface area contributed by atoms with E-state index in [-0.39, 0.29) is 11.9 Å². The molecule has 0 aromatic heterocycles. The van der Waals surface area contributed by atoms with Gasteiger partial charge in [0, 0.05) is 38.3 Å². The number of rotatable bonds is 4. The second-order valence-corrected chi connectivity index (χ2v) is 6.04. The van der Waals surface area contributed by atoms with Gasteiger partial charge in [0.05, 0.1) is 19.3 Å². The first-order valence-electron chi connectivity index (χ1n) is 7.60. The highest BCUT2D eigenvalue weighted by molar-refractivity contribution is 5.81. The lowest BCUT2D eigenvalue weighted by Crippen LogP contribution is -2.51. The predicted octanol–water partition coefficient (Wildman–Crippen LogP) is 0.0600. The highest BCUT2D eigenvalue weighted by Crippen LogP contribution is 2.29. The maximum Gasteiger partial charge on any atom is 0.239 e. The number of carbonyl (C=O) groups is 1. The van der Waals surface area contributed by atoms with E-state index in [1.807, 2.05) is 11.8 Å². The minimum atomic E-state index is -0.0674. The van der Waals surface area contributed by atoms with Gasteiger partial charge in [0.2, 0.25) is 5.91 Å². The number of amides is 1. The Hall–Kier alpha value is -0.650. The van der Waals surface area contributed by atoms with Gasteiger partial charge < -0.3 is 15.0 Å². The highest BCUT2D eigenvalue weighted by atomic mass is 16.5. The molecule has 2 atom stereocenters.